The number of nitrogens with zero attached hydrogens (tertiary/aromatic N) is 2. The molecule has 1 aliphatic rings. The maximum Gasteiger partial charge on any atom is 0.192 e. The van der Waals surface area contributed by atoms with E-state index in [0.717, 1.165) is 32.0 Å². The Morgan fingerprint density at radius 1 is 1.43 bits per heavy atom. The summed E-state index contributed by atoms with van der Waals surface area (Å²) in [4.78, 5) is 7.01. The van der Waals surface area contributed by atoms with Crippen molar-refractivity contribution in [2.75, 3.05) is 31.1 Å². The van der Waals surface area contributed by atoms with Crippen molar-refractivity contribution in [2.45, 2.75) is 26.3 Å². The van der Waals surface area contributed by atoms with Crippen molar-refractivity contribution in [3.05, 3.63) is 29.8 Å². The van der Waals surface area contributed by atoms with Crippen molar-refractivity contribution >= 4 is 11.6 Å². The molecule has 21 heavy (non-hydrogen) atoms. The number of rotatable bonds is 5. The summed E-state index contributed by atoms with van der Waals surface area (Å²) >= 11 is 0. The van der Waals surface area contributed by atoms with E-state index >= 15 is 0 Å². The molecule has 1 aromatic rings. The highest BCUT2D eigenvalue weighted by molar-refractivity contribution is 5.80. The monoisotopic (exact) mass is 284 g/mol. The van der Waals surface area contributed by atoms with Gasteiger partial charge in [0.15, 0.2) is 5.96 Å². The second kappa shape index (κ2) is 7.58. The van der Waals surface area contributed by atoms with Crippen molar-refractivity contribution in [3.63, 3.8) is 0 Å². The Morgan fingerprint density at radius 3 is 3.00 bits per heavy atom. The van der Waals surface area contributed by atoms with Gasteiger partial charge in [0.2, 0.25) is 0 Å². The van der Waals surface area contributed by atoms with Crippen LogP contribution in [0, 0.1) is 12.3 Å². The molecule has 1 aliphatic heterocycles. The molecule has 0 amide bonds. The maximum atomic E-state index is 5.27. The van der Waals surface area contributed by atoms with Crippen molar-refractivity contribution in [2.24, 2.45) is 4.99 Å². The Kier molecular flexibility index (Phi) is 5.51. The van der Waals surface area contributed by atoms with Crippen molar-refractivity contribution in [1.82, 2.24) is 10.6 Å². The number of hydrogen-bond acceptors (Lipinski definition) is 2. The molecule has 1 heterocycles. The van der Waals surface area contributed by atoms with E-state index in [4.69, 9.17) is 6.42 Å². The Bertz CT molecular complexity index is 530. The molecular formula is C17H24N4. The molecule has 0 saturated carbocycles. The summed E-state index contributed by atoms with van der Waals surface area (Å²) in [6, 6.07) is 9.17. The van der Waals surface area contributed by atoms with Crippen molar-refractivity contribution in [1.29, 1.82) is 0 Å². The minimum absolute atomic E-state index is 0.495. The number of nitrogens with one attached hydrogen (secondary N) is 2. The number of para-hydroxylation sites is 1. The number of anilines is 1. The molecule has 0 saturated heterocycles. The maximum absolute atomic E-state index is 5.27. The Morgan fingerprint density at radius 2 is 2.24 bits per heavy atom. The molecule has 4 nitrogen and oxygen atoms in total. The van der Waals surface area contributed by atoms with Gasteiger partial charge >= 0.3 is 0 Å². The number of hydrogen-bond donors (Lipinski definition) is 2. The lowest BCUT2D eigenvalue weighted by molar-refractivity contribution is 0.672. The van der Waals surface area contributed by atoms with Crippen LogP contribution in [0.15, 0.2) is 29.3 Å². The van der Waals surface area contributed by atoms with Crippen LogP contribution in [0.1, 0.15) is 19.4 Å². The molecule has 0 spiro atoms. The third-order valence-electron chi connectivity index (χ3n) is 3.66. The number of terminal acetylenes is 1. The zero-order chi connectivity index (χ0) is 15.1. The summed E-state index contributed by atoms with van der Waals surface area (Å²) in [5.41, 5.74) is 2.79. The van der Waals surface area contributed by atoms with Gasteiger partial charge in [0.1, 0.15) is 0 Å². The lowest BCUT2D eigenvalue weighted by atomic mass is 10.1. The lowest BCUT2D eigenvalue weighted by Gasteiger charge is -2.24. The first-order chi connectivity index (χ1) is 10.3. The standard InChI is InChI=1S/C17H24N4/c1-4-10-19-17(18-5-2)20-11-12-21-14(3)13-15-8-6-7-9-16(15)21/h1,6-9,14H,5,10-13H2,2-3H3,(H2,18,19,20). The van der Waals surface area contributed by atoms with Crippen LogP contribution in [-0.4, -0.2) is 38.2 Å². The van der Waals surface area contributed by atoms with E-state index in [1.54, 1.807) is 0 Å². The normalized spacial score (nSPS) is 17.3. The second-order valence-corrected chi connectivity index (χ2v) is 5.19. The molecule has 2 rings (SSSR count). The largest absolute Gasteiger partial charge is 0.366 e. The summed E-state index contributed by atoms with van der Waals surface area (Å²) in [7, 11) is 0. The minimum Gasteiger partial charge on any atom is -0.366 e. The van der Waals surface area contributed by atoms with Crippen LogP contribution in [0.2, 0.25) is 0 Å². The second-order valence-electron chi connectivity index (χ2n) is 5.19. The predicted molar refractivity (Wildman–Crippen MR) is 89.8 cm³/mol. The number of fused-ring (bicyclic) bond motifs is 1. The highest BCUT2D eigenvalue weighted by Crippen LogP contribution is 2.31. The molecule has 0 aliphatic carbocycles. The van der Waals surface area contributed by atoms with Gasteiger partial charge in [-0.2, -0.15) is 0 Å². The van der Waals surface area contributed by atoms with Gasteiger partial charge in [-0.3, -0.25) is 4.99 Å². The number of benzene rings is 1. The predicted octanol–water partition coefficient (Wildman–Crippen LogP) is 1.63. The molecule has 112 valence electrons. The number of guanidine groups is 1. The summed E-state index contributed by atoms with van der Waals surface area (Å²) in [6.45, 7) is 7.31. The Labute approximate surface area is 127 Å². The van der Waals surface area contributed by atoms with Gasteiger partial charge in [-0.25, -0.2) is 0 Å². The zero-order valence-electron chi connectivity index (χ0n) is 12.9. The van der Waals surface area contributed by atoms with E-state index in [1.165, 1.54) is 11.3 Å². The van der Waals surface area contributed by atoms with Gasteiger partial charge in [-0.1, -0.05) is 24.1 Å². The molecule has 0 bridgehead atoms. The zero-order valence-corrected chi connectivity index (χ0v) is 12.9. The quantitative estimate of drug-likeness (QED) is 0.490. The average molecular weight is 284 g/mol. The third-order valence-corrected chi connectivity index (χ3v) is 3.66. The van der Waals surface area contributed by atoms with E-state index in [-0.39, 0.29) is 0 Å². The summed E-state index contributed by atoms with van der Waals surface area (Å²) in [5.74, 6) is 3.35. The highest BCUT2D eigenvalue weighted by atomic mass is 15.2. The van der Waals surface area contributed by atoms with Crippen LogP contribution in [0.25, 0.3) is 0 Å². The van der Waals surface area contributed by atoms with Gasteiger partial charge in [-0.05, 0) is 31.9 Å². The molecule has 0 fully saturated rings. The van der Waals surface area contributed by atoms with Crippen LogP contribution in [-0.2, 0) is 6.42 Å². The van der Waals surface area contributed by atoms with Gasteiger partial charge in [-0.15, -0.1) is 6.42 Å². The SMILES string of the molecule is C#CCNC(=NCCN1c2ccccc2CC1C)NCC. The van der Waals surface area contributed by atoms with E-state index < -0.39 is 0 Å². The molecular weight excluding hydrogens is 260 g/mol. The molecule has 2 N–H and O–H groups in total. The van der Waals surface area contributed by atoms with E-state index in [1.807, 2.05) is 6.92 Å². The molecule has 0 radical (unpaired) electrons. The average Bonchev–Trinajstić information content (AvgIpc) is 2.81. The van der Waals surface area contributed by atoms with Crippen LogP contribution >= 0.6 is 0 Å². The van der Waals surface area contributed by atoms with E-state index in [0.29, 0.717) is 12.6 Å². The molecule has 4 heteroatoms. The van der Waals surface area contributed by atoms with Crippen molar-refractivity contribution < 1.29 is 0 Å². The first-order valence-electron chi connectivity index (χ1n) is 7.56. The number of aliphatic imine (C=N–C) groups is 1. The minimum atomic E-state index is 0.495. The van der Waals surface area contributed by atoms with Gasteiger partial charge < -0.3 is 15.5 Å². The molecule has 0 aromatic heterocycles. The summed E-state index contributed by atoms with van der Waals surface area (Å²) in [6.07, 6.45) is 6.39. The van der Waals surface area contributed by atoms with E-state index in [9.17, 15) is 0 Å². The Hall–Kier alpha value is -2.15. The van der Waals surface area contributed by atoms with Crippen LogP contribution in [0.5, 0.6) is 0 Å². The highest BCUT2D eigenvalue weighted by Gasteiger charge is 2.24. The van der Waals surface area contributed by atoms with Gasteiger partial charge in [0, 0.05) is 24.8 Å². The summed E-state index contributed by atoms with van der Waals surface area (Å²) < 4.78 is 0. The Balaban J connectivity index is 1.94. The van der Waals surface area contributed by atoms with Crippen molar-refractivity contribution in [3.8, 4) is 12.3 Å². The lowest BCUT2D eigenvalue weighted by Crippen LogP contribution is -2.38. The van der Waals surface area contributed by atoms with Gasteiger partial charge in [0.05, 0.1) is 13.1 Å². The molecule has 1 atom stereocenters. The molecule has 1 aromatic carbocycles. The first kappa shape index (κ1) is 15.2. The van der Waals surface area contributed by atoms with Crippen LogP contribution in [0.4, 0.5) is 5.69 Å². The fourth-order valence-corrected chi connectivity index (χ4v) is 2.72. The third kappa shape index (κ3) is 3.91. The smallest absolute Gasteiger partial charge is 0.192 e. The first-order valence-corrected chi connectivity index (χ1v) is 7.56. The van der Waals surface area contributed by atoms with Crippen LogP contribution in [0.3, 0.4) is 0 Å². The van der Waals surface area contributed by atoms with Crippen LogP contribution < -0.4 is 15.5 Å². The van der Waals surface area contributed by atoms with Gasteiger partial charge in [0.25, 0.3) is 0 Å². The summed E-state index contributed by atoms with van der Waals surface area (Å²) in [5, 5.41) is 6.31. The fraction of sp³-hybridized carbons (Fsp3) is 0.471. The van der Waals surface area contributed by atoms with E-state index in [2.05, 4.69) is 57.6 Å². The fourth-order valence-electron chi connectivity index (χ4n) is 2.72. The topological polar surface area (TPSA) is 39.7 Å². The molecule has 1 unspecified atom stereocenters.